The van der Waals surface area contributed by atoms with Crippen molar-refractivity contribution in [3.8, 4) is 0 Å². The van der Waals surface area contributed by atoms with Crippen molar-refractivity contribution in [2.24, 2.45) is 5.73 Å². The van der Waals surface area contributed by atoms with Crippen LogP contribution in [0.2, 0.25) is 5.02 Å². The van der Waals surface area contributed by atoms with Gasteiger partial charge in [0, 0.05) is 17.3 Å². The third-order valence-electron chi connectivity index (χ3n) is 3.34. The number of carbonyl (C=O) groups is 1. The van der Waals surface area contributed by atoms with Gasteiger partial charge in [-0.3, -0.25) is 4.79 Å². The van der Waals surface area contributed by atoms with E-state index in [1.807, 2.05) is 47.4 Å². The number of nitrogens with zero attached hydrogens (tertiary/aromatic N) is 1. The van der Waals surface area contributed by atoms with Crippen LogP contribution < -0.4 is 16.0 Å². The zero-order valence-corrected chi connectivity index (χ0v) is 11.5. The molecule has 20 heavy (non-hydrogen) atoms. The first-order chi connectivity index (χ1) is 9.69. The number of nitrogens with two attached hydrogens (primary N) is 1. The molecule has 1 aliphatic rings. The maximum Gasteiger partial charge on any atom is 0.244 e. The van der Waals surface area contributed by atoms with Crippen molar-refractivity contribution in [3.63, 3.8) is 0 Å². The largest absolute Gasteiger partial charge is 0.330 e. The summed E-state index contributed by atoms with van der Waals surface area (Å²) in [6.07, 6.45) is 0. The second-order valence-corrected chi connectivity index (χ2v) is 5.04. The van der Waals surface area contributed by atoms with E-state index in [4.69, 9.17) is 17.3 Å². The predicted octanol–water partition coefficient (Wildman–Crippen LogP) is 2.89. The number of rotatable bonds is 2. The van der Waals surface area contributed by atoms with Crippen molar-refractivity contribution in [1.82, 2.24) is 0 Å². The van der Waals surface area contributed by atoms with Crippen LogP contribution in [0.25, 0.3) is 0 Å². The number of nitrogens with one attached hydrogen (secondary N) is 1. The lowest BCUT2D eigenvalue weighted by Gasteiger charge is -2.31. The van der Waals surface area contributed by atoms with Crippen LogP contribution in [0.3, 0.4) is 0 Å². The molecule has 5 heteroatoms. The minimum absolute atomic E-state index is 0.0391. The Hall–Kier alpha value is -2.04. The molecular formula is C15H14ClN3O. The van der Waals surface area contributed by atoms with Crippen molar-refractivity contribution in [2.75, 3.05) is 16.8 Å². The maximum absolute atomic E-state index is 11.8. The third-order valence-corrected chi connectivity index (χ3v) is 3.69. The molecule has 2 aromatic rings. The monoisotopic (exact) mass is 287 g/mol. The SMILES string of the molecule is NCc1ccc(N2CC(=O)Nc3ccccc32)cc1Cl. The molecule has 0 radical (unpaired) electrons. The van der Waals surface area contributed by atoms with Gasteiger partial charge in [0.2, 0.25) is 5.91 Å². The molecule has 1 heterocycles. The summed E-state index contributed by atoms with van der Waals surface area (Å²) in [6, 6.07) is 13.4. The molecule has 102 valence electrons. The van der Waals surface area contributed by atoms with Crippen LogP contribution in [0.4, 0.5) is 17.1 Å². The Morgan fingerprint density at radius 3 is 2.80 bits per heavy atom. The molecule has 0 bridgehead atoms. The highest BCUT2D eigenvalue weighted by Gasteiger charge is 2.23. The van der Waals surface area contributed by atoms with Crippen LogP contribution in [0.1, 0.15) is 5.56 Å². The van der Waals surface area contributed by atoms with Gasteiger partial charge in [-0.2, -0.15) is 0 Å². The quantitative estimate of drug-likeness (QED) is 0.893. The van der Waals surface area contributed by atoms with E-state index in [1.165, 1.54) is 0 Å². The van der Waals surface area contributed by atoms with E-state index < -0.39 is 0 Å². The summed E-state index contributed by atoms with van der Waals surface area (Å²) in [5.41, 5.74) is 9.16. The van der Waals surface area contributed by atoms with E-state index in [9.17, 15) is 4.79 Å². The summed E-state index contributed by atoms with van der Waals surface area (Å²) in [4.78, 5) is 13.8. The predicted molar refractivity (Wildman–Crippen MR) is 81.4 cm³/mol. The fraction of sp³-hybridized carbons (Fsp3) is 0.133. The molecule has 0 saturated heterocycles. The van der Waals surface area contributed by atoms with Gasteiger partial charge in [0.25, 0.3) is 0 Å². The van der Waals surface area contributed by atoms with Crippen LogP contribution in [0.15, 0.2) is 42.5 Å². The lowest BCUT2D eigenvalue weighted by Crippen LogP contribution is -2.34. The zero-order valence-electron chi connectivity index (χ0n) is 10.8. The van der Waals surface area contributed by atoms with Crippen molar-refractivity contribution < 1.29 is 4.79 Å². The number of carbonyl (C=O) groups excluding carboxylic acids is 1. The van der Waals surface area contributed by atoms with Crippen LogP contribution in [-0.4, -0.2) is 12.5 Å². The van der Waals surface area contributed by atoms with E-state index in [2.05, 4.69) is 5.32 Å². The normalized spacial score (nSPS) is 13.9. The van der Waals surface area contributed by atoms with E-state index in [0.717, 1.165) is 22.6 Å². The van der Waals surface area contributed by atoms with Crippen LogP contribution in [0.5, 0.6) is 0 Å². The minimum atomic E-state index is -0.0391. The summed E-state index contributed by atoms with van der Waals surface area (Å²) in [6.45, 7) is 0.672. The minimum Gasteiger partial charge on any atom is -0.330 e. The molecule has 3 rings (SSSR count). The van der Waals surface area contributed by atoms with Gasteiger partial charge in [0.05, 0.1) is 11.4 Å². The smallest absolute Gasteiger partial charge is 0.244 e. The molecule has 4 nitrogen and oxygen atoms in total. The van der Waals surface area contributed by atoms with Crippen molar-refractivity contribution in [1.29, 1.82) is 0 Å². The highest BCUT2D eigenvalue weighted by Crippen LogP contribution is 2.36. The van der Waals surface area contributed by atoms with Crippen molar-refractivity contribution in [2.45, 2.75) is 6.54 Å². The number of fused-ring (bicyclic) bond motifs is 1. The number of para-hydroxylation sites is 2. The molecule has 0 aliphatic carbocycles. The van der Waals surface area contributed by atoms with Gasteiger partial charge in [0.15, 0.2) is 0 Å². The molecule has 0 fully saturated rings. The van der Waals surface area contributed by atoms with Gasteiger partial charge in [-0.25, -0.2) is 0 Å². The Morgan fingerprint density at radius 1 is 1.25 bits per heavy atom. The summed E-state index contributed by atoms with van der Waals surface area (Å²) < 4.78 is 0. The second-order valence-electron chi connectivity index (χ2n) is 4.63. The van der Waals surface area contributed by atoms with Crippen LogP contribution >= 0.6 is 11.6 Å². The van der Waals surface area contributed by atoms with Gasteiger partial charge in [-0.1, -0.05) is 29.8 Å². The molecule has 0 unspecified atom stereocenters. The standard InChI is InChI=1S/C15H14ClN3O/c16-12-7-11(6-5-10(12)8-17)19-9-15(20)18-13-3-1-2-4-14(13)19/h1-7H,8-9,17H2,(H,18,20). The Kier molecular flexibility index (Phi) is 3.34. The average molecular weight is 288 g/mol. The molecule has 3 N–H and O–H groups in total. The Morgan fingerprint density at radius 2 is 2.05 bits per heavy atom. The molecule has 0 aromatic heterocycles. The van der Waals surface area contributed by atoms with E-state index >= 15 is 0 Å². The van der Waals surface area contributed by atoms with Gasteiger partial charge < -0.3 is 16.0 Å². The van der Waals surface area contributed by atoms with Gasteiger partial charge in [-0.05, 0) is 29.8 Å². The summed E-state index contributed by atoms with van der Waals surface area (Å²) in [5.74, 6) is -0.0391. The van der Waals surface area contributed by atoms with Crippen LogP contribution in [-0.2, 0) is 11.3 Å². The second kappa shape index (κ2) is 5.15. The number of anilines is 3. The number of benzene rings is 2. The molecule has 0 spiro atoms. The Labute approximate surface area is 122 Å². The van der Waals surface area contributed by atoms with Gasteiger partial charge in [0.1, 0.15) is 6.54 Å². The molecule has 1 aliphatic heterocycles. The molecule has 0 atom stereocenters. The first kappa shape index (κ1) is 13.0. The maximum atomic E-state index is 11.8. The van der Waals surface area contributed by atoms with E-state index in [1.54, 1.807) is 0 Å². The first-order valence-electron chi connectivity index (χ1n) is 6.34. The van der Waals surface area contributed by atoms with Gasteiger partial charge in [-0.15, -0.1) is 0 Å². The molecule has 1 amide bonds. The summed E-state index contributed by atoms with van der Waals surface area (Å²) in [7, 11) is 0. The van der Waals surface area contributed by atoms with Gasteiger partial charge >= 0.3 is 0 Å². The van der Waals surface area contributed by atoms with Crippen molar-refractivity contribution >= 4 is 34.6 Å². The molecule has 0 saturated carbocycles. The fourth-order valence-corrected chi connectivity index (χ4v) is 2.59. The topological polar surface area (TPSA) is 58.4 Å². The third kappa shape index (κ3) is 2.24. The fourth-order valence-electron chi connectivity index (χ4n) is 2.33. The average Bonchev–Trinajstić information content (AvgIpc) is 2.46. The van der Waals surface area contributed by atoms with E-state index in [-0.39, 0.29) is 12.5 Å². The molecular weight excluding hydrogens is 274 g/mol. The number of amides is 1. The number of halogens is 1. The lowest BCUT2D eigenvalue weighted by atomic mass is 10.1. The highest BCUT2D eigenvalue weighted by molar-refractivity contribution is 6.31. The highest BCUT2D eigenvalue weighted by atomic mass is 35.5. The first-order valence-corrected chi connectivity index (χ1v) is 6.72. The number of hydrogen-bond acceptors (Lipinski definition) is 3. The summed E-state index contributed by atoms with van der Waals surface area (Å²) >= 11 is 6.21. The zero-order chi connectivity index (χ0) is 14.1. The Bertz CT molecular complexity index is 672. The number of hydrogen-bond donors (Lipinski definition) is 2. The molecule has 2 aromatic carbocycles. The Balaban J connectivity index is 2.06. The summed E-state index contributed by atoms with van der Waals surface area (Å²) in [5, 5.41) is 3.48. The van der Waals surface area contributed by atoms with Crippen LogP contribution in [0, 0.1) is 0 Å². The lowest BCUT2D eigenvalue weighted by molar-refractivity contribution is -0.115. The van der Waals surface area contributed by atoms with E-state index in [0.29, 0.717) is 11.6 Å². The van der Waals surface area contributed by atoms with Crippen molar-refractivity contribution in [3.05, 3.63) is 53.1 Å².